The molecule has 0 aliphatic carbocycles. The monoisotopic (exact) mass is 586 g/mol. The summed E-state index contributed by atoms with van der Waals surface area (Å²) in [5.74, 6) is 0. The summed E-state index contributed by atoms with van der Waals surface area (Å²) < 4.78 is 18.7. The van der Waals surface area contributed by atoms with Crippen LogP contribution in [0.3, 0.4) is 0 Å². The number of ether oxygens (including phenoxy) is 3. The van der Waals surface area contributed by atoms with Crippen molar-refractivity contribution >= 4 is 23.2 Å². The van der Waals surface area contributed by atoms with Crippen molar-refractivity contribution in [3.8, 4) is 17.2 Å². The van der Waals surface area contributed by atoms with E-state index in [1.165, 1.54) is 10.1 Å². The van der Waals surface area contributed by atoms with Crippen LogP contribution in [0.25, 0.3) is 22.2 Å². The molecule has 5 rings (SSSR count). The second-order valence-corrected chi connectivity index (χ2v) is 14.1. The molecule has 2 aromatic heterocycles. The first-order valence-electron chi connectivity index (χ1n) is 15.0. The molecular weight excluding hydrogens is 544 g/mol. The van der Waals surface area contributed by atoms with Gasteiger partial charge in [-0.15, -0.1) is 0 Å². The van der Waals surface area contributed by atoms with E-state index in [1.807, 2.05) is 66.4 Å². The quantitative estimate of drug-likeness (QED) is 0.314. The fraction of sp³-hybridized carbons (Fsp3) is 0.529. The fourth-order valence-corrected chi connectivity index (χ4v) is 5.88. The van der Waals surface area contributed by atoms with Crippen molar-refractivity contribution in [2.45, 2.75) is 104 Å². The molecule has 0 radical (unpaired) electrons. The van der Waals surface area contributed by atoms with E-state index >= 15 is 0 Å². The SMILES string of the molecule is CC(C)(C)OC(=O)N1CCC[C@H]1c1cc(-c2cnc3c(c2)c(C(C)(C)C#N)cn3C(=O)OC(C)(C)C)cc2c1COCC2. The molecule has 0 N–H and O–H groups in total. The van der Waals surface area contributed by atoms with Crippen LogP contribution in [0.2, 0.25) is 0 Å². The summed E-state index contributed by atoms with van der Waals surface area (Å²) in [6.45, 7) is 16.5. The van der Waals surface area contributed by atoms with Gasteiger partial charge < -0.3 is 19.1 Å². The van der Waals surface area contributed by atoms with Gasteiger partial charge in [-0.1, -0.05) is 6.07 Å². The molecule has 0 spiro atoms. The van der Waals surface area contributed by atoms with Crippen LogP contribution in [0.15, 0.2) is 30.6 Å². The van der Waals surface area contributed by atoms with E-state index in [-0.39, 0.29) is 12.1 Å². The van der Waals surface area contributed by atoms with Crippen molar-refractivity contribution in [2.24, 2.45) is 0 Å². The zero-order valence-electron chi connectivity index (χ0n) is 26.5. The third-order valence-corrected chi connectivity index (χ3v) is 7.90. The minimum absolute atomic E-state index is 0.122. The summed E-state index contributed by atoms with van der Waals surface area (Å²) in [5.41, 5.74) is 4.22. The number of hydrogen-bond donors (Lipinski definition) is 0. The lowest BCUT2D eigenvalue weighted by atomic mass is 9.85. The number of carbonyl (C=O) groups excluding carboxylic acids is 2. The first kappa shape index (κ1) is 30.6. The zero-order valence-corrected chi connectivity index (χ0v) is 26.5. The van der Waals surface area contributed by atoms with Gasteiger partial charge >= 0.3 is 12.2 Å². The molecule has 3 aromatic rings. The molecule has 0 saturated carbocycles. The maximum absolute atomic E-state index is 13.2. The Morgan fingerprint density at radius 2 is 1.70 bits per heavy atom. The first-order valence-corrected chi connectivity index (χ1v) is 15.0. The molecule has 0 bridgehead atoms. The van der Waals surface area contributed by atoms with Gasteiger partial charge in [-0.3, -0.25) is 0 Å². The lowest BCUT2D eigenvalue weighted by Gasteiger charge is -2.31. The van der Waals surface area contributed by atoms with Crippen molar-refractivity contribution in [2.75, 3.05) is 13.2 Å². The summed E-state index contributed by atoms with van der Waals surface area (Å²) in [6.07, 6.45) is 5.09. The van der Waals surface area contributed by atoms with Gasteiger partial charge in [0.2, 0.25) is 0 Å². The lowest BCUT2D eigenvalue weighted by molar-refractivity contribution is 0.0220. The van der Waals surface area contributed by atoms with Gasteiger partial charge in [0.1, 0.15) is 16.8 Å². The standard InChI is InChI=1S/C34H42N4O5/c1-32(2,3)42-30(39)37-12-9-10-28(37)24-15-22(14-21-11-13-41-19-26(21)24)23-16-25-27(34(7,8)20-35)18-38(29(25)36-17-23)31(40)43-33(4,5)6/h14-18,28H,9-13,19H2,1-8H3/t28-/m0/s1. The predicted molar refractivity (Wildman–Crippen MR) is 164 cm³/mol. The largest absolute Gasteiger partial charge is 0.444 e. The average molecular weight is 587 g/mol. The molecule has 9 heteroatoms. The van der Waals surface area contributed by atoms with E-state index < -0.39 is 22.7 Å². The summed E-state index contributed by atoms with van der Waals surface area (Å²) >= 11 is 0. The second kappa shape index (κ2) is 11.0. The van der Waals surface area contributed by atoms with Gasteiger partial charge in [0.15, 0.2) is 0 Å². The zero-order chi connectivity index (χ0) is 31.3. The Bertz CT molecular complexity index is 1620. The Kier molecular flexibility index (Phi) is 7.80. The number of fused-ring (bicyclic) bond motifs is 2. The summed E-state index contributed by atoms with van der Waals surface area (Å²) in [5, 5.41) is 10.7. The Morgan fingerprint density at radius 1 is 1.00 bits per heavy atom. The Labute approximate surface area is 253 Å². The van der Waals surface area contributed by atoms with Gasteiger partial charge in [0, 0.05) is 29.9 Å². The number of hydrogen-bond acceptors (Lipinski definition) is 7. The van der Waals surface area contributed by atoms with E-state index in [0.29, 0.717) is 36.4 Å². The second-order valence-electron chi connectivity index (χ2n) is 14.1. The molecular formula is C34H42N4O5. The molecule has 0 unspecified atom stereocenters. The van der Waals surface area contributed by atoms with Crippen LogP contribution in [-0.4, -0.2) is 51.0 Å². The number of rotatable bonds is 3. The molecule has 228 valence electrons. The molecule has 1 amide bonds. The third-order valence-electron chi connectivity index (χ3n) is 7.90. The van der Waals surface area contributed by atoms with Gasteiger partial charge in [-0.2, -0.15) is 5.26 Å². The van der Waals surface area contributed by atoms with Gasteiger partial charge in [-0.25, -0.2) is 19.1 Å². The summed E-state index contributed by atoms with van der Waals surface area (Å²) in [7, 11) is 0. The van der Waals surface area contributed by atoms with Crippen LogP contribution < -0.4 is 0 Å². The Balaban J connectivity index is 1.63. The maximum Gasteiger partial charge on any atom is 0.420 e. The van der Waals surface area contributed by atoms with Crippen LogP contribution in [0.5, 0.6) is 0 Å². The third kappa shape index (κ3) is 6.25. The lowest BCUT2D eigenvalue weighted by Crippen LogP contribution is -2.36. The normalized spacial score (nSPS) is 17.5. The van der Waals surface area contributed by atoms with E-state index in [2.05, 4.69) is 18.2 Å². The molecule has 1 atom stereocenters. The molecule has 1 saturated heterocycles. The van der Waals surface area contributed by atoms with Crippen LogP contribution in [-0.2, 0) is 32.7 Å². The van der Waals surface area contributed by atoms with E-state index in [4.69, 9.17) is 19.2 Å². The van der Waals surface area contributed by atoms with Crippen molar-refractivity contribution in [3.05, 3.63) is 52.8 Å². The molecule has 1 fully saturated rings. The predicted octanol–water partition coefficient (Wildman–Crippen LogP) is 7.43. The molecule has 43 heavy (non-hydrogen) atoms. The topological polar surface area (TPSA) is 107 Å². The van der Waals surface area contributed by atoms with Gasteiger partial charge in [0.25, 0.3) is 0 Å². The van der Waals surface area contributed by atoms with Gasteiger partial charge in [0.05, 0.1) is 30.7 Å². The number of likely N-dealkylation sites (tertiary alicyclic amines) is 1. The van der Waals surface area contributed by atoms with Crippen molar-refractivity contribution < 1.29 is 23.8 Å². The highest BCUT2D eigenvalue weighted by molar-refractivity contribution is 5.93. The number of nitriles is 1. The minimum atomic E-state index is -0.873. The summed E-state index contributed by atoms with van der Waals surface area (Å²) in [4.78, 5) is 32.9. The first-order chi connectivity index (χ1) is 20.1. The summed E-state index contributed by atoms with van der Waals surface area (Å²) in [6, 6.07) is 8.57. The highest BCUT2D eigenvalue weighted by Crippen LogP contribution is 2.41. The Hall–Kier alpha value is -3.90. The number of aromatic nitrogens is 2. The van der Waals surface area contributed by atoms with Crippen LogP contribution in [0.4, 0.5) is 9.59 Å². The number of amides is 1. The molecule has 9 nitrogen and oxygen atoms in total. The molecule has 4 heterocycles. The average Bonchev–Trinajstić information content (AvgIpc) is 3.56. The van der Waals surface area contributed by atoms with E-state index in [1.54, 1.807) is 12.4 Å². The number of benzene rings is 1. The van der Waals surface area contributed by atoms with E-state index in [0.717, 1.165) is 41.5 Å². The van der Waals surface area contributed by atoms with Crippen molar-refractivity contribution in [1.82, 2.24) is 14.5 Å². The minimum Gasteiger partial charge on any atom is -0.444 e. The molecule has 1 aromatic carbocycles. The highest BCUT2D eigenvalue weighted by Gasteiger charge is 2.36. The smallest absolute Gasteiger partial charge is 0.420 e. The number of pyridine rings is 1. The number of nitrogens with zero attached hydrogens (tertiary/aromatic N) is 4. The van der Waals surface area contributed by atoms with E-state index in [9.17, 15) is 14.9 Å². The van der Waals surface area contributed by atoms with Crippen LogP contribution in [0.1, 0.15) is 96.5 Å². The van der Waals surface area contributed by atoms with Crippen molar-refractivity contribution in [3.63, 3.8) is 0 Å². The van der Waals surface area contributed by atoms with Crippen molar-refractivity contribution in [1.29, 1.82) is 5.26 Å². The van der Waals surface area contributed by atoms with Crippen LogP contribution in [0, 0.1) is 11.3 Å². The fourth-order valence-electron chi connectivity index (χ4n) is 5.88. The maximum atomic E-state index is 13.2. The number of carbonyl (C=O) groups is 2. The van der Waals surface area contributed by atoms with Crippen LogP contribution >= 0.6 is 0 Å². The highest BCUT2D eigenvalue weighted by atomic mass is 16.6. The Morgan fingerprint density at radius 3 is 2.37 bits per heavy atom. The van der Waals surface area contributed by atoms with Gasteiger partial charge in [-0.05, 0) is 115 Å². The molecule has 2 aliphatic heterocycles. The molecule has 2 aliphatic rings.